The Morgan fingerprint density at radius 1 is 1.35 bits per heavy atom. The minimum absolute atomic E-state index is 0.0260. The third-order valence-electron chi connectivity index (χ3n) is 3.08. The lowest BCUT2D eigenvalue weighted by atomic mass is 10.1. The summed E-state index contributed by atoms with van der Waals surface area (Å²) in [6, 6.07) is 1.63. The van der Waals surface area contributed by atoms with Crippen LogP contribution in [0, 0.1) is 11.6 Å². The van der Waals surface area contributed by atoms with Crippen LogP contribution in [-0.2, 0) is 14.8 Å². The molecule has 1 aliphatic rings. The van der Waals surface area contributed by atoms with Gasteiger partial charge in [-0.2, -0.15) is 0 Å². The van der Waals surface area contributed by atoms with Gasteiger partial charge >= 0.3 is 0 Å². The second kappa shape index (κ2) is 6.02. The number of ether oxygens (including phenoxy) is 1. The van der Waals surface area contributed by atoms with E-state index in [0.717, 1.165) is 31.4 Å². The van der Waals surface area contributed by atoms with E-state index in [9.17, 15) is 17.2 Å². The Balaban J connectivity index is 2.14. The Labute approximate surface area is 116 Å². The van der Waals surface area contributed by atoms with Gasteiger partial charge in [-0.15, -0.1) is 0 Å². The lowest BCUT2D eigenvalue weighted by Gasteiger charge is -2.22. The van der Waals surface area contributed by atoms with E-state index in [2.05, 4.69) is 4.72 Å². The van der Waals surface area contributed by atoms with Crippen LogP contribution in [0.1, 0.15) is 19.3 Å². The Morgan fingerprint density at radius 3 is 2.75 bits per heavy atom. The Morgan fingerprint density at radius 2 is 2.10 bits per heavy atom. The summed E-state index contributed by atoms with van der Waals surface area (Å²) >= 11 is 0. The topological polar surface area (TPSA) is 81.4 Å². The first-order valence-electron chi connectivity index (χ1n) is 6.26. The number of benzene rings is 1. The highest BCUT2D eigenvalue weighted by Crippen LogP contribution is 2.21. The third kappa shape index (κ3) is 3.44. The van der Waals surface area contributed by atoms with Gasteiger partial charge in [-0.05, 0) is 31.4 Å². The minimum atomic E-state index is -4.16. The molecule has 0 bridgehead atoms. The van der Waals surface area contributed by atoms with Crippen LogP contribution in [-0.4, -0.2) is 27.7 Å². The fourth-order valence-corrected chi connectivity index (χ4v) is 3.21. The number of nitrogen functional groups attached to an aromatic ring is 1. The van der Waals surface area contributed by atoms with Crippen molar-refractivity contribution in [2.24, 2.45) is 0 Å². The molecule has 112 valence electrons. The van der Waals surface area contributed by atoms with Crippen LogP contribution >= 0.6 is 0 Å². The normalized spacial score (nSPS) is 20.0. The standard InChI is InChI=1S/C12H16F2N2O3S/c13-10-5-8(15)6-11(12(10)14)20(17,18)16-7-9-3-1-2-4-19-9/h5-6,9,16H,1-4,7,15H2. The van der Waals surface area contributed by atoms with Gasteiger partial charge in [0.2, 0.25) is 10.0 Å². The maximum Gasteiger partial charge on any atom is 0.243 e. The Bertz CT molecular complexity index is 587. The van der Waals surface area contributed by atoms with E-state index < -0.39 is 26.6 Å². The lowest BCUT2D eigenvalue weighted by molar-refractivity contribution is 0.0200. The summed E-state index contributed by atoms with van der Waals surface area (Å²) in [6.45, 7) is 0.603. The molecule has 0 amide bonds. The first-order valence-corrected chi connectivity index (χ1v) is 7.74. The van der Waals surface area contributed by atoms with E-state index in [0.29, 0.717) is 6.61 Å². The van der Waals surface area contributed by atoms with Crippen molar-refractivity contribution >= 4 is 15.7 Å². The van der Waals surface area contributed by atoms with Crippen LogP contribution in [0.25, 0.3) is 0 Å². The predicted octanol–water partition coefficient (Wildman–Crippen LogP) is 1.39. The summed E-state index contributed by atoms with van der Waals surface area (Å²) in [5, 5.41) is 0. The average Bonchev–Trinajstić information content (AvgIpc) is 2.42. The average molecular weight is 306 g/mol. The van der Waals surface area contributed by atoms with Crippen molar-refractivity contribution in [2.75, 3.05) is 18.9 Å². The molecule has 3 N–H and O–H groups in total. The highest BCUT2D eigenvalue weighted by atomic mass is 32.2. The van der Waals surface area contributed by atoms with Crippen LogP contribution in [0.3, 0.4) is 0 Å². The van der Waals surface area contributed by atoms with Crippen molar-refractivity contribution in [3.63, 3.8) is 0 Å². The molecule has 1 aliphatic heterocycles. The van der Waals surface area contributed by atoms with E-state index in [-0.39, 0.29) is 18.3 Å². The zero-order valence-corrected chi connectivity index (χ0v) is 11.6. The van der Waals surface area contributed by atoms with Crippen LogP contribution in [0.2, 0.25) is 0 Å². The highest BCUT2D eigenvalue weighted by Gasteiger charge is 2.24. The molecule has 1 saturated heterocycles. The first kappa shape index (κ1) is 15.1. The molecule has 8 heteroatoms. The molecule has 1 aromatic rings. The molecule has 1 fully saturated rings. The van der Waals surface area contributed by atoms with Gasteiger partial charge < -0.3 is 10.5 Å². The summed E-state index contributed by atoms with van der Waals surface area (Å²) < 4.78 is 58.3. The zero-order chi connectivity index (χ0) is 14.8. The number of nitrogens with two attached hydrogens (primary N) is 1. The number of sulfonamides is 1. The predicted molar refractivity (Wildman–Crippen MR) is 69.5 cm³/mol. The maximum absolute atomic E-state index is 13.6. The van der Waals surface area contributed by atoms with Crippen molar-refractivity contribution in [1.82, 2.24) is 4.72 Å². The van der Waals surface area contributed by atoms with Crippen molar-refractivity contribution in [3.05, 3.63) is 23.8 Å². The number of hydrogen-bond donors (Lipinski definition) is 2. The highest BCUT2D eigenvalue weighted by molar-refractivity contribution is 7.89. The summed E-state index contributed by atoms with van der Waals surface area (Å²) in [7, 11) is -4.16. The number of anilines is 1. The fraction of sp³-hybridized carbons (Fsp3) is 0.500. The SMILES string of the molecule is Nc1cc(F)c(F)c(S(=O)(=O)NCC2CCCCO2)c1. The van der Waals surface area contributed by atoms with E-state index in [1.54, 1.807) is 0 Å². The molecule has 1 heterocycles. The van der Waals surface area contributed by atoms with E-state index in [1.165, 1.54) is 0 Å². The molecule has 0 radical (unpaired) electrons. The number of nitrogens with one attached hydrogen (secondary N) is 1. The van der Waals surface area contributed by atoms with Crippen molar-refractivity contribution in [3.8, 4) is 0 Å². The summed E-state index contributed by atoms with van der Waals surface area (Å²) in [5.74, 6) is -2.73. The summed E-state index contributed by atoms with van der Waals surface area (Å²) in [5.41, 5.74) is 5.19. The second-order valence-electron chi connectivity index (χ2n) is 4.66. The number of hydrogen-bond acceptors (Lipinski definition) is 4. The van der Waals surface area contributed by atoms with Crippen molar-refractivity contribution in [2.45, 2.75) is 30.3 Å². The fourth-order valence-electron chi connectivity index (χ4n) is 2.03. The number of halogens is 2. The van der Waals surface area contributed by atoms with Crippen LogP contribution in [0.15, 0.2) is 17.0 Å². The molecule has 0 spiro atoms. The zero-order valence-electron chi connectivity index (χ0n) is 10.7. The van der Waals surface area contributed by atoms with Gasteiger partial charge in [0.1, 0.15) is 4.90 Å². The largest absolute Gasteiger partial charge is 0.399 e. The Hall–Kier alpha value is -1.25. The molecule has 0 aliphatic carbocycles. The van der Waals surface area contributed by atoms with Gasteiger partial charge in [-0.3, -0.25) is 0 Å². The third-order valence-corrected chi connectivity index (χ3v) is 4.50. The van der Waals surface area contributed by atoms with Gasteiger partial charge in [-0.1, -0.05) is 0 Å². The van der Waals surface area contributed by atoms with Gasteiger partial charge in [0, 0.05) is 18.8 Å². The number of rotatable bonds is 4. The quantitative estimate of drug-likeness (QED) is 0.824. The molecule has 20 heavy (non-hydrogen) atoms. The smallest absolute Gasteiger partial charge is 0.243 e. The van der Waals surface area contributed by atoms with Crippen LogP contribution in [0.4, 0.5) is 14.5 Å². The van der Waals surface area contributed by atoms with E-state index in [4.69, 9.17) is 10.5 Å². The molecule has 0 aromatic heterocycles. The Kier molecular flexibility index (Phi) is 4.56. The monoisotopic (exact) mass is 306 g/mol. The summed E-state index contributed by atoms with van der Waals surface area (Å²) in [6.07, 6.45) is 2.38. The van der Waals surface area contributed by atoms with Crippen molar-refractivity contribution < 1.29 is 21.9 Å². The van der Waals surface area contributed by atoms with Gasteiger partial charge in [0.05, 0.1) is 6.10 Å². The molecule has 0 saturated carbocycles. The van der Waals surface area contributed by atoms with Gasteiger partial charge in [0.15, 0.2) is 11.6 Å². The molecular weight excluding hydrogens is 290 g/mol. The second-order valence-corrected chi connectivity index (χ2v) is 6.39. The van der Waals surface area contributed by atoms with Crippen LogP contribution < -0.4 is 10.5 Å². The molecule has 5 nitrogen and oxygen atoms in total. The van der Waals surface area contributed by atoms with E-state index >= 15 is 0 Å². The summed E-state index contributed by atoms with van der Waals surface area (Å²) in [4.78, 5) is -0.786. The van der Waals surface area contributed by atoms with E-state index in [1.807, 2.05) is 0 Å². The molecule has 1 unspecified atom stereocenters. The molecule has 1 atom stereocenters. The molecule has 2 rings (SSSR count). The maximum atomic E-state index is 13.6. The van der Waals surface area contributed by atoms with Crippen molar-refractivity contribution in [1.29, 1.82) is 0 Å². The van der Waals surface area contributed by atoms with Crippen LogP contribution in [0.5, 0.6) is 0 Å². The van der Waals surface area contributed by atoms with Gasteiger partial charge in [0.25, 0.3) is 0 Å². The first-order chi connectivity index (χ1) is 9.40. The molecule has 1 aromatic carbocycles. The van der Waals surface area contributed by atoms with Gasteiger partial charge in [-0.25, -0.2) is 21.9 Å². The minimum Gasteiger partial charge on any atom is -0.399 e. The molecular formula is C12H16F2N2O3S. The lowest BCUT2D eigenvalue weighted by Crippen LogP contribution is -2.35.